The van der Waals surface area contributed by atoms with Crippen molar-refractivity contribution in [3.05, 3.63) is 109 Å². The molecule has 0 saturated heterocycles. The molecule has 4 aromatic heterocycles. The third kappa shape index (κ3) is 2.84. The second-order valence-electron chi connectivity index (χ2n) is 9.85. The molecule has 0 radical (unpaired) electrons. The van der Waals surface area contributed by atoms with Gasteiger partial charge < -0.3 is 13.8 Å². The summed E-state index contributed by atoms with van der Waals surface area (Å²) in [6, 6.07) is 36.8. The summed E-state index contributed by atoms with van der Waals surface area (Å²) >= 11 is 0. The lowest BCUT2D eigenvalue weighted by molar-refractivity contribution is 0.667. The van der Waals surface area contributed by atoms with Gasteiger partial charge in [0.05, 0.1) is 5.39 Å². The van der Waals surface area contributed by atoms with Crippen LogP contribution in [0.3, 0.4) is 0 Å². The lowest BCUT2D eigenvalue weighted by Gasteiger charge is -2.07. The van der Waals surface area contributed by atoms with Gasteiger partial charge in [0, 0.05) is 43.7 Å². The molecule has 0 amide bonds. The minimum absolute atomic E-state index is 0.655. The number of nitrogens with one attached hydrogen (secondary N) is 1. The predicted molar refractivity (Wildman–Crippen MR) is 157 cm³/mol. The summed E-state index contributed by atoms with van der Waals surface area (Å²) in [4.78, 5) is 13.9. The van der Waals surface area contributed by atoms with Gasteiger partial charge in [0.2, 0.25) is 0 Å². The van der Waals surface area contributed by atoms with Crippen LogP contribution in [0.1, 0.15) is 0 Å². The zero-order valence-electron chi connectivity index (χ0n) is 20.6. The molecule has 0 aliphatic carbocycles. The van der Waals surface area contributed by atoms with Gasteiger partial charge in [0.1, 0.15) is 28.0 Å². The number of aromatic amines is 1. The van der Waals surface area contributed by atoms with Crippen molar-refractivity contribution < 1.29 is 8.83 Å². The molecule has 1 N–H and O–H groups in total. The second-order valence-corrected chi connectivity index (χ2v) is 9.85. The number of para-hydroxylation sites is 2. The quantitative estimate of drug-likeness (QED) is 0.256. The highest BCUT2D eigenvalue weighted by atomic mass is 16.3. The van der Waals surface area contributed by atoms with E-state index in [2.05, 4.69) is 41.4 Å². The smallest absolute Gasteiger partial charge is 0.180 e. The molecule has 9 aromatic rings. The monoisotopic (exact) mass is 501 g/mol. The molecule has 0 fully saturated rings. The van der Waals surface area contributed by atoms with Crippen molar-refractivity contribution in [3.8, 4) is 22.6 Å². The topological polar surface area (TPSA) is 67.8 Å². The number of hydrogen-bond acceptors (Lipinski definition) is 4. The van der Waals surface area contributed by atoms with E-state index in [1.54, 1.807) is 0 Å². The molecule has 0 unspecified atom stereocenters. The van der Waals surface area contributed by atoms with Crippen LogP contribution in [-0.4, -0.2) is 15.0 Å². The summed E-state index contributed by atoms with van der Waals surface area (Å²) in [5.41, 5.74) is 8.70. The number of aromatic nitrogens is 3. The first-order valence-electron chi connectivity index (χ1n) is 12.9. The summed E-state index contributed by atoms with van der Waals surface area (Å²) in [5.74, 6) is 0.655. The van der Waals surface area contributed by atoms with Gasteiger partial charge in [-0.2, -0.15) is 0 Å². The molecule has 0 bridgehead atoms. The molecule has 5 aromatic carbocycles. The maximum atomic E-state index is 6.62. The molecule has 182 valence electrons. The van der Waals surface area contributed by atoms with Crippen molar-refractivity contribution in [1.29, 1.82) is 0 Å². The Balaban J connectivity index is 1.49. The fourth-order valence-electron chi connectivity index (χ4n) is 5.94. The number of hydrogen-bond donors (Lipinski definition) is 1. The van der Waals surface area contributed by atoms with Crippen LogP contribution in [0.15, 0.2) is 118 Å². The maximum Gasteiger partial charge on any atom is 0.180 e. The number of nitrogens with zero attached hydrogens (tertiary/aromatic N) is 2. The molecule has 0 aliphatic rings. The molecule has 0 aliphatic heterocycles. The van der Waals surface area contributed by atoms with Crippen molar-refractivity contribution in [3.63, 3.8) is 0 Å². The van der Waals surface area contributed by atoms with E-state index in [-0.39, 0.29) is 0 Å². The van der Waals surface area contributed by atoms with Crippen molar-refractivity contribution >= 4 is 65.8 Å². The molecule has 4 heterocycles. The fourth-order valence-corrected chi connectivity index (χ4v) is 5.94. The van der Waals surface area contributed by atoms with Gasteiger partial charge in [-0.05, 0) is 30.3 Å². The first kappa shape index (κ1) is 20.6. The lowest BCUT2D eigenvalue weighted by Crippen LogP contribution is -1.94. The Morgan fingerprint density at radius 3 is 2.21 bits per heavy atom. The minimum atomic E-state index is 0.655. The van der Waals surface area contributed by atoms with Gasteiger partial charge in [-0.3, -0.25) is 0 Å². The van der Waals surface area contributed by atoms with Crippen LogP contribution in [0.5, 0.6) is 0 Å². The van der Waals surface area contributed by atoms with E-state index in [1.807, 2.05) is 72.8 Å². The SMILES string of the molecule is c1ccc(-c2nc(-c3cccc4oc5ccccc5c34)c3oc4ccc5[nH]c6ccccc6c5c4c3n2)cc1. The zero-order valence-corrected chi connectivity index (χ0v) is 20.6. The van der Waals surface area contributed by atoms with Gasteiger partial charge in [0.25, 0.3) is 0 Å². The van der Waals surface area contributed by atoms with Crippen molar-refractivity contribution in [2.24, 2.45) is 0 Å². The second kappa shape index (κ2) is 7.55. The molecule has 5 heteroatoms. The molecule has 0 saturated carbocycles. The molecule has 0 atom stereocenters. The Morgan fingerprint density at radius 2 is 1.28 bits per heavy atom. The maximum absolute atomic E-state index is 6.62. The van der Waals surface area contributed by atoms with Crippen molar-refractivity contribution in [2.75, 3.05) is 0 Å². The fraction of sp³-hybridized carbons (Fsp3) is 0. The summed E-state index contributed by atoms with van der Waals surface area (Å²) in [6.07, 6.45) is 0. The van der Waals surface area contributed by atoms with Gasteiger partial charge in [0.15, 0.2) is 11.4 Å². The average Bonchev–Trinajstić information content (AvgIpc) is 3.67. The van der Waals surface area contributed by atoms with Crippen LogP contribution in [0.2, 0.25) is 0 Å². The van der Waals surface area contributed by atoms with E-state index in [9.17, 15) is 0 Å². The van der Waals surface area contributed by atoms with E-state index >= 15 is 0 Å². The summed E-state index contributed by atoms with van der Waals surface area (Å²) in [6.45, 7) is 0. The summed E-state index contributed by atoms with van der Waals surface area (Å²) < 4.78 is 12.8. The summed E-state index contributed by atoms with van der Waals surface area (Å²) in [5, 5.41) is 5.31. The van der Waals surface area contributed by atoms with Gasteiger partial charge in [-0.1, -0.05) is 78.9 Å². The van der Waals surface area contributed by atoms with E-state index in [0.29, 0.717) is 11.4 Å². The van der Waals surface area contributed by atoms with Gasteiger partial charge in [-0.15, -0.1) is 0 Å². The van der Waals surface area contributed by atoms with Crippen molar-refractivity contribution in [1.82, 2.24) is 15.0 Å². The standard InChI is InChI=1S/C34H19N3O2/c1-2-9-19(10-3-1)34-36-31(22-13-8-16-26-28(22)21-12-5-7-15-25(21)38-26)33-32(37-34)30-27(39-33)18-17-24-29(30)20-11-4-6-14-23(20)35-24/h1-18,35H. The Morgan fingerprint density at radius 1 is 0.513 bits per heavy atom. The van der Waals surface area contributed by atoms with Crippen LogP contribution in [0.25, 0.3) is 88.5 Å². The number of rotatable bonds is 2. The molecule has 9 rings (SSSR count). The lowest BCUT2D eigenvalue weighted by atomic mass is 10.0. The highest BCUT2D eigenvalue weighted by Gasteiger charge is 2.23. The Hall–Kier alpha value is -5.42. The minimum Gasteiger partial charge on any atom is -0.456 e. The predicted octanol–water partition coefficient (Wildman–Crippen LogP) is 9.24. The largest absolute Gasteiger partial charge is 0.456 e. The molecular formula is C34H19N3O2. The van der Waals surface area contributed by atoms with Gasteiger partial charge >= 0.3 is 0 Å². The Kier molecular flexibility index (Phi) is 3.99. The number of benzene rings is 5. The zero-order chi connectivity index (χ0) is 25.5. The van der Waals surface area contributed by atoms with Crippen LogP contribution < -0.4 is 0 Å². The highest BCUT2D eigenvalue weighted by Crippen LogP contribution is 2.43. The molecule has 39 heavy (non-hydrogen) atoms. The Labute approximate surface area is 221 Å². The molecule has 5 nitrogen and oxygen atoms in total. The third-order valence-electron chi connectivity index (χ3n) is 7.64. The number of fused-ring (bicyclic) bond motifs is 10. The van der Waals surface area contributed by atoms with Gasteiger partial charge in [-0.25, -0.2) is 9.97 Å². The summed E-state index contributed by atoms with van der Waals surface area (Å²) in [7, 11) is 0. The highest BCUT2D eigenvalue weighted by molar-refractivity contribution is 6.27. The van der Waals surface area contributed by atoms with E-state index in [1.165, 1.54) is 0 Å². The first-order valence-corrected chi connectivity index (χ1v) is 12.9. The number of furan rings is 2. The van der Waals surface area contributed by atoms with E-state index in [0.717, 1.165) is 77.1 Å². The van der Waals surface area contributed by atoms with Crippen molar-refractivity contribution in [2.45, 2.75) is 0 Å². The van der Waals surface area contributed by atoms with Crippen LogP contribution in [-0.2, 0) is 0 Å². The number of H-pyrrole nitrogens is 1. The van der Waals surface area contributed by atoms with Crippen LogP contribution >= 0.6 is 0 Å². The normalized spacial score (nSPS) is 12.1. The molecular weight excluding hydrogens is 482 g/mol. The van der Waals surface area contributed by atoms with E-state index in [4.69, 9.17) is 18.8 Å². The Bertz CT molecular complexity index is 2390. The first-order chi connectivity index (χ1) is 19.3. The van der Waals surface area contributed by atoms with Crippen LogP contribution in [0.4, 0.5) is 0 Å². The molecule has 0 spiro atoms. The van der Waals surface area contributed by atoms with Crippen LogP contribution in [0, 0.1) is 0 Å². The third-order valence-corrected chi connectivity index (χ3v) is 7.64. The van der Waals surface area contributed by atoms with E-state index < -0.39 is 0 Å². The average molecular weight is 502 g/mol.